The Morgan fingerprint density at radius 2 is 1.88 bits per heavy atom. The van der Waals surface area contributed by atoms with E-state index >= 15 is 0 Å². The van der Waals surface area contributed by atoms with Crippen LogP contribution in [0.4, 0.5) is 0 Å². The van der Waals surface area contributed by atoms with Crippen LogP contribution in [0.2, 0.25) is 0 Å². The SMILES string of the molecule is CC(C)C1=C[C@H]2C[C@]3(C=O)[C@@H]4CC[C@@H](C)[C@H]4C[C@@]2(C(=O)C#Cc2ccccc2)[C@]13C(=O)O. The van der Waals surface area contributed by atoms with Crippen LogP contribution in [-0.2, 0) is 14.4 Å². The van der Waals surface area contributed by atoms with Crippen molar-refractivity contribution in [2.24, 2.45) is 45.8 Å². The molecule has 7 atom stereocenters. The zero-order chi connectivity index (χ0) is 22.9. The van der Waals surface area contributed by atoms with Crippen molar-refractivity contribution in [3.05, 3.63) is 47.5 Å². The van der Waals surface area contributed by atoms with E-state index in [4.69, 9.17) is 0 Å². The van der Waals surface area contributed by atoms with Gasteiger partial charge in [-0.3, -0.25) is 9.59 Å². The third-order valence-electron chi connectivity index (χ3n) is 9.42. The van der Waals surface area contributed by atoms with Gasteiger partial charge in [0.2, 0.25) is 5.78 Å². The average molecular weight is 431 g/mol. The molecule has 0 unspecified atom stereocenters. The van der Waals surface area contributed by atoms with E-state index in [1.54, 1.807) is 0 Å². The van der Waals surface area contributed by atoms with E-state index in [0.717, 1.165) is 30.3 Å². The molecule has 0 heterocycles. The first-order chi connectivity index (χ1) is 15.3. The average Bonchev–Trinajstić information content (AvgIpc) is 3.36. The predicted molar refractivity (Wildman–Crippen MR) is 120 cm³/mol. The summed E-state index contributed by atoms with van der Waals surface area (Å²) in [6.45, 7) is 6.15. The summed E-state index contributed by atoms with van der Waals surface area (Å²) in [5, 5.41) is 10.9. The Morgan fingerprint density at radius 1 is 1.16 bits per heavy atom. The van der Waals surface area contributed by atoms with Crippen molar-refractivity contribution in [3.8, 4) is 11.8 Å². The van der Waals surface area contributed by atoms with Crippen molar-refractivity contribution < 1.29 is 19.5 Å². The van der Waals surface area contributed by atoms with Gasteiger partial charge < -0.3 is 9.90 Å². The topological polar surface area (TPSA) is 71.4 Å². The van der Waals surface area contributed by atoms with Crippen molar-refractivity contribution in [1.29, 1.82) is 0 Å². The number of carboxylic acids is 1. The van der Waals surface area contributed by atoms with Crippen molar-refractivity contribution in [2.75, 3.05) is 0 Å². The fourth-order valence-electron chi connectivity index (χ4n) is 8.37. The number of allylic oxidation sites excluding steroid dienone is 1. The maximum absolute atomic E-state index is 14.1. The van der Waals surface area contributed by atoms with Gasteiger partial charge in [0, 0.05) is 5.56 Å². The third-order valence-corrected chi connectivity index (χ3v) is 9.42. The summed E-state index contributed by atoms with van der Waals surface area (Å²) in [7, 11) is 0. The van der Waals surface area contributed by atoms with Crippen molar-refractivity contribution >= 4 is 18.0 Å². The van der Waals surface area contributed by atoms with E-state index in [1.807, 2.05) is 50.3 Å². The lowest BCUT2D eigenvalue weighted by Gasteiger charge is -2.57. The summed E-state index contributed by atoms with van der Waals surface area (Å²) in [4.78, 5) is 40.3. The van der Waals surface area contributed by atoms with Crippen LogP contribution in [0.3, 0.4) is 0 Å². The Kier molecular flexibility index (Phi) is 4.58. The second-order valence-corrected chi connectivity index (χ2v) is 10.7. The number of carboxylic acid groups (broad SMARTS) is 1. The summed E-state index contributed by atoms with van der Waals surface area (Å²) in [5.41, 5.74) is -2.19. The molecule has 166 valence electrons. The van der Waals surface area contributed by atoms with Gasteiger partial charge in [-0.05, 0) is 66.9 Å². The normalized spacial score (nSPS) is 40.9. The number of hydrogen-bond acceptors (Lipinski definition) is 3. The van der Waals surface area contributed by atoms with E-state index in [1.165, 1.54) is 0 Å². The molecule has 5 rings (SSSR count). The van der Waals surface area contributed by atoms with Crippen molar-refractivity contribution in [3.63, 3.8) is 0 Å². The van der Waals surface area contributed by atoms with E-state index in [0.29, 0.717) is 18.8 Å². The molecule has 0 radical (unpaired) electrons. The fraction of sp³-hybridized carbons (Fsp3) is 0.536. The lowest BCUT2D eigenvalue weighted by atomic mass is 9.42. The van der Waals surface area contributed by atoms with Crippen LogP contribution in [-0.4, -0.2) is 23.1 Å². The summed E-state index contributed by atoms with van der Waals surface area (Å²) in [5.74, 6) is 4.79. The number of aliphatic carboxylic acids is 1. The van der Waals surface area contributed by atoms with Gasteiger partial charge in [-0.1, -0.05) is 63.0 Å². The summed E-state index contributed by atoms with van der Waals surface area (Å²) in [6, 6.07) is 9.32. The van der Waals surface area contributed by atoms with Crippen LogP contribution < -0.4 is 0 Å². The number of ketones is 1. The molecule has 0 saturated heterocycles. The van der Waals surface area contributed by atoms with E-state index in [-0.39, 0.29) is 29.5 Å². The van der Waals surface area contributed by atoms with Crippen molar-refractivity contribution in [2.45, 2.75) is 46.5 Å². The predicted octanol–water partition coefficient (Wildman–Crippen LogP) is 4.53. The van der Waals surface area contributed by atoms with Gasteiger partial charge in [0.1, 0.15) is 11.7 Å². The van der Waals surface area contributed by atoms with Gasteiger partial charge in [-0.15, -0.1) is 0 Å². The molecule has 3 fully saturated rings. The molecule has 32 heavy (non-hydrogen) atoms. The quantitative estimate of drug-likeness (QED) is 0.433. The Balaban J connectivity index is 1.75. The molecule has 0 spiro atoms. The lowest BCUT2D eigenvalue weighted by molar-refractivity contribution is -0.181. The molecule has 4 aliphatic carbocycles. The minimum absolute atomic E-state index is 0.0153. The first kappa shape index (κ1) is 21.2. The number of rotatable bonds is 4. The summed E-state index contributed by atoms with van der Waals surface area (Å²) >= 11 is 0. The highest BCUT2D eigenvalue weighted by molar-refractivity contribution is 6.08. The maximum Gasteiger partial charge on any atom is 0.315 e. The first-order valence-electron chi connectivity index (χ1n) is 11.8. The molecule has 3 saturated carbocycles. The minimum Gasteiger partial charge on any atom is -0.481 e. The largest absolute Gasteiger partial charge is 0.481 e. The van der Waals surface area contributed by atoms with Crippen LogP contribution >= 0.6 is 0 Å². The van der Waals surface area contributed by atoms with Crippen LogP contribution in [0, 0.1) is 57.7 Å². The second kappa shape index (κ2) is 6.91. The van der Waals surface area contributed by atoms with Gasteiger partial charge in [0.25, 0.3) is 0 Å². The van der Waals surface area contributed by atoms with Crippen molar-refractivity contribution in [1.82, 2.24) is 0 Å². The summed E-state index contributed by atoms with van der Waals surface area (Å²) < 4.78 is 0. The van der Waals surface area contributed by atoms with E-state index in [2.05, 4.69) is 18.8 Å². The van der Waals surface area contributed by atoms with Crippen LogP contribution in [0.25, 0.3) is 0 Å². The Hall–Kier alpha value is -2.67. The smallest absolute Gasteiger partial charge is 0.315 e. The first-order valence-corrected chi connectivity index (χ1v) is 11.8. The van der Waals surface area contributed by atoms with E-state index < -0.39 is 22.2 Å². The van der Waals surface area contributed by atoms with Gasteiger partial charge in [0.15, 0.2) is 0 Å². The van der Waals surface area contributed by atoms with Gasteiger partial charge in [-0.25, -0.2) is 0 Å². The molecular formula is C28H30O4. The number of Topliss-reactive ketones (excluding diaryl/α,β-unsaturated/α-hetero) is 1. The van der Waals surface area contributed by atoms with Crippen LogP contribution in [0.15, 0.2) is 42.0 Å². The minimum atomic E-state index is -1.49. The number of carbonyl (C=O) groups is 3. The number of benzene rings is 1. The molecule has 4 aliphatic rings. The second-order valence-electron chi connectivity index (χ2n) is 10.7. The summed E-state index contributed by atoms with van der Waals surface area (Å²) in [6.07, 6.45) is 5.78. The van der Waals surface area contributed by atoms with Gasteiger partial charge in [-0.2, -0.15) is 0 Å². The number of carbonyl (C=O) groups excluding carboxylic acids is 2. The zero-order valence-corrected chi connectivity index (χ0v) is 18.9. The standard InChI is InChI=1S/C28H30O4/c1-17(2)23-13-20-14-26(16-29)22-11-9-18(3)21(22)15-27(20,28(23,26)25(31)32)24(30)12-10-19-7-5-4-6-8-19/h4-8,13,16-18,20-22H,9,11,14-15H2,1-3H3,(H,31,32)/t18-,20+,21-,22-,26+,27-,28+/m1/s1. The molecule has 4 bridgehead atoms. The zero-order valence-electron chi connectivity index (χ0n) is 18.9. The highest BCUT2D eigenvalue weighted by Gasteiger charge is 2.86. The van der Waals surface area contributed by atoms with Gasteiger partial charge >= 0.3 is 5.97 Å². The molecule has 1 N–H and O–H groups in total. The van der Waals surface area contributed by atoms with E-state index in [9.17, 15) is 19.5 Å². The molecule has 4 nitrogen and oxygen atoms in total. The molecule has 1 aromatic carbocycles. The van der Waals surface area contributed by atoms with Crippen LogP contribution in [0.5, 0.6) is 0 Å². The number of aldehydes is 1. The Labute approximate surface area is 189 Å². The highest BCUT2D eigenvalue weighted by Crippen LogP contribution is 2.82. The monoisotopic (exact) mass is 430 g/mol. The highest BCUT2D eigenvalue weighted by atomic mass is 16.4. The molecule has 1 aromatic rings. The maximum atomic E-state index is 14.1. The molecule has 0 amide bonds. The van der Waals surface area contributed by atoms with Crippen LogP contribution in [0.1, 0.15) is 52.0 Å². The van der Waals surface area contributed by atoms with Gasteiger partial charge in [0.05, 0.1) is 10.8 Å². The molecule has 0 aromatic heterocycles. The number of hydrogen-bond donors (Lipinski definition) is 1. The lowest BCUT2D eigenvalue weighted by Crippen LogP contribution is -2.64. The molecule has 0 aliphatic heterocycles. The third kappa shape index (κ3) is 2.22. The molecule has 4 heteroatoms. The molecular weight excluding hydrogens is 400 g/mol. The fourth-order valence-corrected chi connectivity index (χ4v) is 8.37. The Bertz CT molecular complexity index is 1090. The number of fused-ring (bicyclic) bond motifs is 2. The Morgan fingerprint density at radius 3 is 2.50 bits per heavy atom.